The van der Waals surface area contributed by atoms with Gasteiger partial charge in [0.05, 0.1) is 24.7 Å². The van der Waals surface area contributed by atoms with E-state index < -0.39 is 28.6 Å². The first kappa shape index (κ1) is 21.2. The standard InChI is InChI=1S/C16H22N2O8/c1-4-5-8-16(17,14(19)20)15(21)26-13(18(22)23)10-6-7-11(24-2)12(9-10)25-3/h6-7,9,13H,4-5,8,17H2,1-3H3,(H,19,20). The average Bonchev–Trinajstić information content (AvgIpc) is 2.62. The van der Waals surface area contributed by atoms with Gasteiger partial charge in [-0.05, 0) is 24.6 Å². The third-order valence-electron chi connectivity index (χ3n) is 3.77. The number of nitrogens with two attached hydrogens (primary N) is 1. The number of ether oxygens (including phenoxy) is 3. The third-order valence-corrected chi connectivity index (χ3v) is 3.77. The summed E-state index contributed by atoms with van der Waals surface area (Å²) in [6.07, 6.45) is -1.20. The summed E-state index contributed by atoms with van der Waals surface area (Å²) >= 11 is 0. The lowest BCUT2D eigenvalue weighted by molar-refractivity contribution is -0.576. The van der Waals surface area contributed by atoms with Crippen molar-refractivity contribution >= 4 is 11.9 Å². The van der Waals surface area contributed by atoms with Crippen LogP contribution in [0.25, 0.3) is 0 Å². The van der Waals surface area contributed by atoms with E-state index >= 15 is 0 Å². The molecule has 0 aliphatic carbocycles. The number of unbranched alkanes of at least 4 members (excludes halogenated alkanes) is 1. The molecule has 0 fully saturated rings. The number of aliphatic carboxylic acids is 1. The van der Waals surface area contributed by atoms with E-state index in [1.54, 1.807) is 6.92 Å². The van der Waals surface area contributed by atoms with Gasteiger partial charge in [0.2, 0.25) is 5.54 Å². The fourth-order valence-electron chi connectivity index (χ4n) is 2.20. The zero-order chi connectivity index (χ0) is 19.9. The van der Waals surface area contributed by atoms with E-state index in [0.29, 0.717) is 18.6 Å². The van der Waals surface area contributed by atoms with E-state index in [4.69, 9.17) is 19.9 Å². The molecule has 0 saturated carbocycles. The number of methoxy groups -OCH3 is 2. The molecule has 26 heavy (non-hydrogen) atoms. The highest BCUT2D eigenvalue weighted by Crippen LogP contribution is 2.32. The zero-order valence-electron chi connectivity index (χ0n) is 14.8. The van der Waals surface area contributed by atoms with Crippen molar-refractivity contribution in [2.45, 2.75) is 38.0 Å². The number of carboxylic acids is 1. The maximum atomic E-state index is 12.3. The number of nitrogens with zero attached hydrogens (tertiary/aromatic N) is 1. The molecule has 0 aromatic heterocycles. The van der Waals surface area contributed by atoms with E-state index in [-0.39, 0.29) is 17.7 Å². The fourth-order valence-corrected chi connectivity index (χ4v) is 2.20. The summed E-state index contributed by atoms with van der Waals surface area (Å²) in [5.41, 5.74) is 3.27. The van der Waals surface area contributed by atoms with Crippen LogP contribution in [-0.2, 0) is 14.3 Å². The van der Waals surface area contributed by atoms with Crippen LogP contribution in [0.1, 0.15) is 38.0 Å². The number of nitro groups is 1. The quantitative estimate of drug-likeness (QED) is 0.205. The van der Waals surface area contributed by atoms with Crippen molar-refractivity contribution in [3.8, 4) is 11.5 Å². The number of hydrogen-bond acceptors (Lipinski definition) is 8. The van der Waals surface area contributed by atoms with Crippen LogP contribution >= 0.6 is 0 Å². The van der Waals surface area contributed by atoms with Crippen LogP contribution in [0, 0.1) is 10.1 Å². The lowest BCUT2D eigenvalue weighted by Gasteiger charge is -2.23. The lowest BCUT2D eigenvalue weighted by atomic mass is 9.94. The maximum absolute atomic E-state index is 12.3. The monoisotopic (exact) mass is 370 g/mol. The summed E-state index contributed by atoms with van der Waals surface area (Å²) in [4.78, 5) is 34.2. The minimum absolute atomic E-state index is 0.0239. The van der Waals surface area contributed by atoms with Crippen LogP contribution < -0.4 is 15.2 Å². The van der Waals surface area contributed by atoms with Crippen molar-refractivity contribution < 1.29 is 33.8 Å². The number of hydrogen-bond donors (Lipinski definition) is 2. The van der Waals surface area contributed by atoms with Crippen LogP contribution in [0.5, 0.6) is 11.5 Å². The molecule has 0 saturated heterocycles. The Kier molecular flexibility index (Phi) is 7.32. The first-order valence-electron chi connectivity index (χ1n) is 7.80. The molecule has 1 rings (SSSR count). The van der Waals surface area contributed by atoms with Gasteiger partial charge in [0.15, 0.2) is 11.5 Å². The van der Waals surface area contributed by atoms with Gasteiger partial charge in [-0.1, -0.05) is 19.8 Å². The Hall–Kier alpha value is -2.88. The fraction of sp³-hybridized carbons (Fsp3) is 0.500. The molecule has 1 aromatic carbocycles. The Morgan fingerprint density at radius 3 is 2.38 bits per heavy atom. The van der Waals surface area contributed by atoms with E-state index in [1.807, 2.05) is 0 Å². The summed E-state index contributed by atoms with van der Waals surface area (Å²) in [5, 5.41) is 20.6. The maximum Gasteiger partial charge on any atom is 0.383 e. The van der Waals surface area contributed by atoms with Crippen molar-refractivity contribution in [3.05, 3.63) is 33.9 Å². The van der Waals surface area contributed by atoms with Gasteiger partial charge < -0.3 is 25.1 Å². The molecule has 0 aliphatic rings. The number of benzene rings is 1. The average molecular weight is 370 g/mol. The molecule has 10 heteroatoms. The summed E-state index contributed by atoms with van der Waals surface area (Å²) < 4.78 is 15.0. The highest BCUT2D eigenvalue weighted by atomic mass is 16.7. The molecule has 1 aromatic rings. The second kappa shape index (κ2) is 8.99. The van der Waals surface area contributed by atoms with Crippen molar-refractivity contribution in [1.82, 2.24) is 0 Å². The molecule has 2 unspecified atom stereocenters. The van der Waals surface area contributed by atoms with Crippen molar-refractivity contribution in [1.29, 1.82) is 0 Å². The molecular weight excluding hydrogens is 348 g/mol. The van der Waals surface area contributed by atoms with Crippen LogP contribution in [0.3, 0.4) is 0 Å². The highest BCUT2D eigenvalue weighted by Gasteiger charge is 2.46. The third kappa shape index (κ3) is 4.60. The largest absolute Gasteiger partial charge is 0.493 e. The van der Waals surface area contributed by atoms with Gasteiger partial charge in [-0.3, -0.25) is 10.1 Å². The highest BCUT2D eigenvalue weighted by molar-refractivity contribution is 6.03. The van der Waals surface area contributed by atoms with Crippen molar-refractivity contribution in [2.75, 3.05) is 14.2 Å². The number of esters is 1. The molecule has 144 valence electrons. The summed E-state index contributed by atoms with van der Waals surface area (Å²) in [6.45, 7) is 1.79. The molecule has 0 radical (unpaired) electrons. The summed E-state index contributed by atoms with van der Waals surface area (Å²) in [7, 11) is 2.74. The van der Waals surface area contributed by atoms with Crippen LogP contribution in [0.15, 0.2) is 18.2 Å². The molecule has 2 atom stereocenters. The predicted octanol–water partition coefficient (Wildman–Crippen LogP) is 1.49. The minimum atomic E-state index is -2.36. The predicted molar refractivity (Wildman–Crippen MR) is 89.5 cm³/mol. The zero-order valence-corrected chi connectivity index (χ0v) is 14.8. The number of carboxylic acid groups (broad SMARTS) is 1. The van der Waals surface area contributed by atoms with Crippen LogP contribution in [0.4, 0.5) is 0 Å². The number of rotatable bonds is 10. The van der Waals surface area contributed by atoms with Gasteiger partial charge in [0, 0.05) is 0 Å². The van der Waals surface area contributed by atoms with E-state index in [1.165, 1.54) is 32.4 Å². The Labute approximate surface area is 150 Å². The number of carbonyl (C=O) groups excluding carboxylic acids is 1. The molecular formula is C16H22N2O8. The molecule has 0 spiro atoms. The molecule has 10 nitrogen and oxygen atoms in total. The Morgan fingerprint density at radius 2 is 1.92 bits per heavy atom. The van der Waals surface area contributed by atoms with E-state index in [2.05, 4.69) is 0 Å². The van der Waals surface area contributed by atoms with E-state index in [0.717, 1.165) is 0 Å². The first-order chi connectivity index (χ1) is 12.2. The van der Waals surface area contributed by atoms with Crippen molar-refractivity contribution in [2.24, 2.45) is 5.73 Å². The Balaban J connectivity index is 3.17. The topological polar surface area (TPSA) is 151 Å². The second-order valence-electron chi connectivity index (χ2n) is 5.54. The molecule has 0 heterocycles. The Morgan fingerprint density at radius 1 is 1.31 bits per heavy atom. The number of carbonyl (C=O) groups is 2. The smallest absolute Gasteiger partial charge is 0.383 e. The first-order valence-corrected chi connectivity index (χ1v) is 7.80. The molecule has 0 aliphatic heterocycles. The minimum Gasteiger partial charge on any atom is -0.493 e. The van der Waals surface area contributed by atoms with Gasteiger partial charge in [-0.15, -0.1) is 0 Å². The van der Waals surface area contributed by atoms with Gasteiger partial charge >= 0.3 is 18.2 Å². The SMILES string of the molecule is CCCCC(N)(C(=O)O)C(=O)OC(c1ccc(OC)c(OC)c1)[N+](=O)[O-]. The molecule has 0 bridgehead atoms. The van der Waals surface area contributed by atoms with Crippen molar-refractivity contribution in [3.63, 3.8) is 0 Å². The molecule has 3 N–H and O–H groups in total. The van der Waals surface area contributed by atoms with Gasteiger partial charge in [-0.25, -0.2) is 9.59 Å². The van der Waals surface area contributed by atoms with Crippen LogP contribution in [0.2, 0.25) is 0 Å². The van der Waals surface area contributed by atoms with Crippen LogP contribution in [-0.4, -0.2) is 41.7 Å². The normalized spacial score (nSPS) is 14.0. The Bertz CT molecular complexity index is 678. The van der Waals surface area contributed by atoms with E-state index in [9.17, 15) is 24.8 Å². The lowest BCUT2D eigenvalue weighted by Crippen LogP contribution is -2.56. The van der Waals surface area contributed by atoms with Gasteiger partial charge in [0.1, 0.15) is 0 Å². The second-order valence-corrected chi connectivity index (χ2v) is 5.54. The molecule has 0 amide bonds. The summed E-state index contributed by atoms with van der Waals surface area (Å²) in [5.74, 6) is -2.47. The summed E-state index contributed by atoms with van der Waals surface area (Å²) in [6, 6.07) is 3.99. The van der Waals surface area contributed by atoms with Gasteiger partial charge in [-0.2, -0.15) is 0 Å². The van der Waals surface area contributed by atoms with Gasteiger partial charge in [0.25, 0.3) is 0 Å².